The number of carbonyl (C=O) groups is 1. The average molecular weight is 490 g/mol. The summed E-state index contributed by atoms with van der Waals surface area (Å²) in [7, 11) is 0. The second kappa shape index (κ2) is 8.87. The quantitative estimate of drug-likeness (QED) is 0.639. The fraction of sp³-hybridized carbons (Fsp3) is 0.550. The number of rotatable bonds is 4. The first-order chi connectivity index (χ1) is 15.9. The number of hydrogen-bond acceptors (Lipinski definition) is 6. The third-order valence-corrected chi connectivity index (χ3v) is 6.07. The zero-order chi connectivity index (χ0) is 24.7. The van der Waals surface area contributed by atoms with Crippen LogP contribution >= 0.6 is 0 Å². The predicted octanol–water partition coefficient (Wildman–Crippen LogP) is 2.80. The summed E-state index contributed by atoms with van der Waals surface area (Å²) >= 11 is 0. The highest BCUT2D eigenvalue weighted by Crippen LogP contribution is 2.39. The molecule has 0 saturated carbocycles. The van der Waals surface area contributed by atoms with Crippen LogP contribution < -0.4 is 15.8 Å². The van der Waals surface area contributed by atoms with Gasteiger partial charge in [0.05, 0.1) is 11.3 Å². The van der Waals surface area contributed by atoms with Crippen LogP contribution in [0.3, 0.4) is 0 Å². The minimum absolute atomic E-state index is 0.0184. The summed E-state index contributed by atoms with van der Waals surface area (Å²) in [4.78, 5) is 33.4. The van der Waals surface area contributed by atoms with E-state index in [4.69, 9.17) is 0 Å². The van der Waals surface area contributed by atoms with Crippen molar-refractivity contribution in [2.75, 3.05) is 18.0 Å². The van der Waals surface area contributed by atoms with E-state index in [2.05, 4.69) is 20.4 Å². The lowest BCUT2D eigenvalue weighted by atomic mass is 10.00. The van der Waals surface area contributed by atoms with Gasteiger partial charge in [0, 0.05) is 43.9 Å². The number of amides is 1. The maximum absolute atomic E-state index is 13.2. The average Bonchev–Trinajstić information content (AvgIpc) is 3.14. The third-order valence-electron chi connectivity index (χ3n) is 6.07. The van der Waals surface area contributed by atoms with E-state index in [9.17, 15) is 35.9 Å². The van der Waals surface area contributed by atoms with Crippen molar-refractivity contribution >= 4 is 11.9 Å². The summed E-state index contributed by atoms with van der Waals surface area (Å²) in [5, 5.41) is 8.51. The van der Waals surface area contributed by atoms with Crippen molar-refractivity contribution in [3.63, 3.8) is 0 Å². The number of carbonyl (C=O) groups excluding carboxylic acids is 1. The number of alkyl halides is 6. The molecule has 34 heavy (non-hydrogen) atoms. The smallest absolute Gasteiger partial charge is 0.353 e. The van der Waals surface area contributed by atoms with E-state index < -0.39 is 35.0 Å². The van der Waals surface area contributed by atoms with Crippen molar-refractivity contribution in [2.45, 2.75) is 56.4 Å². The number of halogens is 6. The standard InChI is InChI=1S/C20H20F6N6O2/c21-19(22,23)11-8-27-18(28-9-11)32-5-3-12(4-6-32)29-14(33)7-10-1-2-13-15(20(24,25)26)17(34)31-30-16(10)13/h8-10,12H,1-7H2,(H,29,33)(H,31,34). The molecule has 1 amide bonds. The Kier molecular flexibility index (Phi) is 6.25. The van der Waals surface area contributed by atoms with Gasteiger partial charge < -0.3 is 10.2 Å². The summed E-state index contributed by atoms with van der Waals surface area (Å²) in [6.07, 6.45) is -6.64. The van der Waals surface area contributed by atoms with Gasteiger partial charge in [0.25, 0.3) is 5.56 Å². The normalized spacial score (nSPS) is 19.2. The Morgan fingerprint density at radius 2 is 1.71 bits per heavy atom. The SMILES string of the molecule is O=C(CC1CCc2c1n[nH]c(=O)c2C(F)(F)F)NC1CCN(c2ncc(C(F)(F)F)cn2)CC1. The first-order valence-corrected chi connectivity index (χ1v) is 10.6. The molecule has 1 aliphatic heterocycles. The molecule has 0 aromatic carbocycles. The molecule has 8 nitrogen and oxygen atoms in total. The number of fused-ring (bicyclic) bond motifs is 1. The molecular formula is C20H20F6N6O2. The van der Waals surface area contributed by atoms with Crippen LogP contribution in [0.25, 0.3) is 0 Å². The molecule has 2 N–H and O–H groups in total. The Morgan fingerprint density at radius 3 is 2.29 bits per heavy atom. The van der Waals surface area contributed by atoms with Crippen LogP contribution in [0.2, 0.25) is 0 Å². The monoisotopic (exact) mass is 490 g/mol. The van der Waals surface area contributed by atoms with Crippen molar-refractivity contribution in [1.29, 1.82) is 0 Å². The van der Waals surface area contributed by atoms with Crippen LogP contribution in [0, 0.1) is 0 Å². The molecule has 1 aliphatic carbocycles. The van der Waals surface area contributed by atoms with Crippen LogP contribution in [0.15, 0.2) is 17.2 Å². The van der Waals surface area contributed by atoms with Crippen molar-refractivity contribution in [3.8, 4) is 0 Å². The van der Waals surface area contributed by atoms with Gasteiger partial charge in [0.1, 0.15) is 5.56 Å². The highest BCUT2D eigenvalue weighted by Gasteiger charge is 2.41. The van der Waals surface area contributed by atoms with Crippen molar-refractivity contribution in [3.05, 3.63) is 45.1 Å². The minimum atomic E-state index is -4.80. The van der Waals surface area contributed by atoms with E-state index >= 15 is 0 Å². The van der Waals surface area contributed by atoms with Gasteiger partial charge in [-0.25, -0.2) is 15.1 Å². The summed E-state index contributed by atoms with van der Waals surface area (Å²) in [5.74, 6) is -0.710. The molecule has 1 atom stereocenters. The maximum Gasteiger partial charge on any atom is 0.422 e. The summed E-state index contributed by atoms with van der Waals surface area (Å²) < 4.78 is 77.7. The molecule has 3 heterocycles. The Bertz CT molecular complexity index is 1110. The first-order valence-electron chi connectivity index (χ1n) is 10.6. The molecule has 2 aromatic rings. The largest absolute Gasteiger partial charge is 0.422 e. The topological polar surface area (TPSA) is 104 Å². The van der Waals surface area contributed by atoms with Gasteiger partial charge in [-0.3, -0.25) is 9.59 Å². The molecule has 1 saturated heterocycles. The zero-order valence-electron chi connectivity index (χ0n) is 17.6. The molecule has 0 radical (unpaired) electrons. The number of anilines is 1. The van der Waals surface area contributed by atoms with Crippen LogP contribution in [0.1, 0.15) is 54.0 Å². The Balaban J connectivity index is 1.32. The lowest BCUT2D eigenvalue weighted by Gasteiger charge is -2.32. The maximum atomic E-state index is 13.2. The molecule has 0 spiro atoms. The van der Waals surface area contributed by atoms with Gasteiger partial charge in [-0.2, -0.15) is 31.4 Å². The van der Waals surface area contributed by atoms with Crippen LogP contribution in [0.4, 0.5) is 32.3 Å². The Hall–Kier alpha value is -3.19. The van der Waals surface area contributed by atoms with Gasteiger partial charge >= 0.3 is 12.4 Å². The van der Waals surface area contributed by atoms with Crippen LogP contribution in [0.5, 0.6) is 0 Å². The Morgan fingerprint density at radius 1 is 1.06 bits per heavy atom. The second-order valence-corrected chi connectivity index (χ2v) is 8.33. The predicted molar refractivity (Wildman–Crippen MR) is 106 cm³/mol. The molecular weight excluding hydrogens is 470 g/mol. The summed E-state index contributed by atoms with van der Waals surface area (Å²) in [6.45, 7) is 0.834. The van der Waals surface area contributed by atoms with E-state index in [0.717, 1.165) is 12.4 Å². The minimum Gasteiger partial charge on any atom is -0.353 e. The number of piperidine rings is 1. The molecule has 2 aliphatic rings. The molecule has 1 fully saturated rings. The van der Waals surface area contributed by atoms with Gasteiger partial charge in [-0.05, 0) is 31.2 Å². The highest BCUT2D eigenvalue weighted by atomic mass is 19.4. The number of H-pyrrole nitrogens is 1. The van der Waals surface area contributed by atoms with Gasteiger partial charge in [-0.1, -0.05) is 0 Å². The van der Waals surface area contributed by atoms with E-state index in [0.29, 0.717) is 25.9 Å². The molecule has 4 rings (SSSR count). The second-order valence-electron chi connectivity index (χ2n) is 8.33. The van der Waals surface area contributed by atoms with Crippen LogP contribution in [-0.2, 0) is 23.6 Å². The number of aromatic nitrogens is 4. The fourth-order valence-electron chi connectivity index (χ4n) is 4.41. The van der Waals surface area contributed by atoms with Gasteiger partial charge in [0.15, 0.2) is 0 Å². The molecule has 0 bridgehead atoms. The molecule has 1 unspecified atom stereocenters. The van der Waals surface area contributed by atoms with Crippen molar-refractivity contribution < 1.29 is 31.1 Å². The highest BCUT2D eigenvalue weighted by molar-refractivity contribution is 5.77. The third kappa shape index (κ3) is 4.99. The number of aromatic amines is 1. The number of nitrogens with zero attached hydrogens (tertiary/aromatic N) is 4. The summed E-state index contributed by atoms with van der Waals surface area (Å²) in [6, 6.07) is -0.201. The molecule has 2 aromatic heterocycles. The van der Waals surface area contributed by atoms with Crippen molar-refractivity contribution in [1.82, 2.24) is 25.5 Å². The summed E-state index contributed by atoms with van der Waals surface area (Å²) in [5.41, 5.74) is -3.54. The lowest BCUT2D eigenvalue weighted by molar-refractivity contribution is -0.139. The van der Waals surface area contributed by atoms with Crippen LogP contribution in [-0.4, -0.2) is 45.2 Å². The number of nitrogens with one attached hydrogen (secondary N) is 2. The van der Waals surface area contributed by atoms with E-state index in [1.165, 1.54) is 0 Å². The van der Waals surface area contributed by atoms with Gasteiger partial charge in [0.2, 0.25) is 11.9 Å². The molecule has 14 heteroatoms. The fourth-order valence-corrected chi connectivity index (χ4v) is 4.41. The van der Waals surface area contributed by atoms with E-state index in [1.807, 2.05) is 5.10 Å². The molecule has 184 valence electrons. The lowest BCUT2D eigenvalue weighted by Crippen LogP contribution is -2.45. The Labute approximate surface area is 188 Å². The van der Waals surface area contributed by atoms with E-state index in [1.54, 1.807) is 4.90 Å². The van der Waals surface area contributed by atoms with E-state index in [-0.39, 0.29) is 48.4 Å². The van der Waals surface area contributed by atoms with Crippen molar-refractivity contribution in [2.24, 2.45) is 0 Å². The first kappa shape index (κ1) is 24.0. The number of hydrogen-bond donors (Lipinski definition) is 2. The van der Waals surface area contributed by atoms with Gasteiger partial charge in [-0.15, -0.1) is 0 Å². The zero-order valence-corrected chi connectivity index (χ0v) is 17.6.